The molecule has 0 unspecified atom stereocenters. The van der Waals surface area contributed by atoms with E-state index >= 15 is 0 Å². The highest BCUT2D eigenvalue weighted by Gasteiger charge is 2.10. The fourth-order valence-electron chi connectivity index (χ4n) is 2.29. The van der Waals surface area contributed by atoms with Crippen LogP contribution in [0.2, 0.25) is 0 Å². The number of nitro groups is 1. The van der Waals surface area contributed by atoms with Gasteiger partial charge in [-0.1, -0.05) is 30.3 Å². The predicted molar refractivity (Wildman–Crippen MR) is 95.6 cm³/mol. The van der Waals surface area contributed by atoms with Gasteiger partial charge in [0.2, 0.25) is 0 Å². The van der Waals surface area contributed by atoms with Crippen molar-refractivity contribution < 1.29 is 9.72 Å². The van der Waals surface area contributed by atoms with E-state index in [4.69, 9.17) is 0 Å². The summed E-state index contributed by atoms with van der Waals surface area (Å²) in [5.74, 6) is -0.285. The molecule has 0 fully saturated rings. The van der Waals surface area contributed by atoms with Crippen molar-refractivity contribution in [2.75, 3.05) is 0 Å². The number of carbonyl (C=O) groups excluding carboxylic acids is 1. The second-order valence-corrected chi connectivity index (χ2v) is 6.32. The quantitative estimate of drug-likeness (QED) is 0.542. The topological polar surface area (TPSA) is 85.1 Å². The van der Waals surface area contributed by atoms with Crippen molar-refractivity contribution >= 4 is 22.9 Å². The molecule has 6 nitrogen and oxygen atoms in total. The largest absolute Gasteiger partial charge is 0.346 e. The number of aromatic nitrogens is 1. The van der Waals surface area contributed by atoms with Crippen LogP contribution in [0.15, 0.2) is 60.0 Å². The van der Waals surface area contributed by atoms with Gasteiger partial charge < -0.3 is 5.32 Å². The van der Waals surface area contributed by atoms with Gasteiger partial charge in [0.25, 0.3) is 11.6 Å². The molecule has 0 spiro atoms. The molecule has 0 aliphatic rings. The van der Waals surface area contributed by atoms with E-state index in [1.165, 1.54) is 29.8 Å². The summed E-state index contributed by atoms with van der Waals surface area (Å²) in [5.41, 5.74) is 2.33. The molecule has 1 amide bonds. The number of benzene rings is 2. The van der Waals surface area contributed by atoms with Crippen LogP contribution in [0, 0.1) is 10.1 Å². The highest BCUT2D eigenvalue weighted by molar-refractivity contribution is 7.09. The zero-order valence-electron chi connectivity index (χ0n) is 13.2. The van der Waals surface area contributed by atoms with Crippen LogP contribution in [-0.4, -0.2) is 15.8 Å². The second kappa shape index (κ2) is 7.67. The molecule has 0 radical (unpaired) electrons. The minimum Gasteiger partial charge on any atom is -0.346 e. The van der Waals surface area contributed by atoms with Crippen LogP contribution in [-0.2, 0) is 13.0 Å². The minimum atomic E-state index is -0.495. The van der Waals surface area contributed by atoms with Crippen molar-refractivity contribution in [3.05, 3.63) is 91.9 Å². The molecule has 1 heterocycles. The monoisotopic (exact) mass is 353 g/mol. The van der Waals surface area contributed by atoms with Crippen LogP contribution in [0.3, 0.4) is 0 Å². The van der Waals surface area contributed by atoms with Crippen molar-refractivity contribution in [3.8, 4) is 0 Å². The first kappa shape index (κ1) is 16.8. The van der Waals surface area contributed by atoms with Gasteiger partial charge in [-0.2, -0.15) is 0 Å². The third-order valence-corrected chi connectivity index (χ3v) is 4.47. The lowest BCUT2D eigenvalue weighted by atomic mass is 10.2. The van der Waals surface area contributed by atoms with Crippen LogP contribution in [0.4, 0.5) is 5.69 Å². The van der Waals surface area contributed by atoms with Gasteiger partial charge in [0.15, 0.2) is 0 Å². The first-order chi connectivity index (χ1) is 12.1. The van der Waals surface area contributed by atoms with Gasteiger partial charge in [0.1, 0.15) is 0 Å². The van der Waals surface area contributed by atoms with Crippen molar-refractivity contribution in [2.45, 2.75) is 13.0 Å². The molecule has 0 saturated heterocycles. The summed E-state index contributed by atoms with van der Waals surface area (Å²) >= 11 is 1.56. The van der Waals surface area contributed by atoms with Crippen LogP contribution >= 0.6 is 11.3 Å². The molecule has 1 N–H and O–H groups in total. The fraction of sp³-hybridized carbons (Fsp3) is 0.111. The van der Waals surface area contributed by atoms with Crippen molar-refractivity contribution in [2.24, 2.45) is 0 Å². The Morgan fingerprint density at radius 2 is 1.84 bits per heavy atom. The predicted octanol–water partition coefficient (Wildman–Crippen LogP) is 3.57. The number of rotatable bonds is 6. The minimum absolute atomic E-state index is 0.0402. The maximum atomic E-state index is 12.1. The first-order valence-corrected chi connectivity index (χ1v) is 8.49. The Hall–Kier alpha value is -3.06. The van der Waals surface area contributed by atoms with E-state index in [0.29, 0.717) is 12.1 Å². The molecule has 0 aliphatic carbocycles. The van der Waals surface area contributed by atoms with Gasteiger partial charge in [-0.15, -0.1) is 11.3 Å². The Labute approximate surface area is 148 Å². The Morgan fingerprint density at radius 1 is 1.12 bits per heavy atom. The molecule has 0 saturated carbocycles. The van der Waals surface area contributed by atoms with Crippen LogP contribution in [0.25, 0.3) is 0 Å². The Kier molecular flexibility index (Phi) is 5.15. The summed E-state index contributed by atoms with van der Waals surface area (Å²) in [6.45, 7) is 0.321. The molecule has 3 rings (SSSR count). The third kappa shape index (κ3) is 4.48. The highest BCUT2D eigenvalue weighted by Crippen LogP contribution is 2.15. The van der Waals surface area contributed by atoms with Crippen molar-refractivity contribution in [3.63, 3.8) is 0 Å². The zero-order valence-corrected chi connectivity index (χ0v) is 14.0. The molecular weight excluding hydrogens is 338 g/mol. The highest BCUT2D eigenvalue weighted by atomic mass is 32.1. The number of nitrogens with one attached hydrogen (secondary N) is 1. The molecule has 1 aromatic heterocycles. The zero-order chi connectivity index (χ0) is 17.6. The third-order valence-electron chi connectivity index (χ3n) is 3.57. The SMILES string of the molecule is O=C(NCc1csc(Cc2ccccc2)n1)c1ccc([N+](=O)[O-])cc1. The normalized spacial score (nSPS) is 10.4. The molecule has 0 aliphatic heterocycles. The van der Waals surface area contributed by atoms with Gasteiger partial charge in [-0.05, 0) is 17.7 Å². The maximum Gasteiger partial charge on any atom is 0.269 e. The van der Waals surface area contributed by atoms with E-state index in [-0.39, 0.29) is 11.6 Å². The number of nitrogens with zero attached hydrogens (tertiary/aromatic N) is 2. The molecular formula is C18H15N3O3S. The summed E-state index contributed by atoms with van der Waals surface area (Å²) in [7, 11) is 0. The van der Waals surface area contributed by atoms with E-state index in [0.717, 1.165) is 17.1 Å². The average Bonchev–Trinajstić information content (AvgIpc) is 3.08. The number of nitro benzene ring substituents is 1. The van der Waals surface area contributed by atoms with Gasteiger partial charge in [-0.3, -0.25) is 14.9 Å². The number of carbonyl (C=O) groups is 1. The van der Waals surface area contributed by atoms with Crippen LogP contribution < -0.4 is 5.32 Å². The fourth-order valence-corrected chi connectivity index (χ4v) is 3.12. The molecule has 2 aromatic carbocycles. The number of thiazole rings is 1. The summed E-state index contributed by atoms with van der Waals surface area (Å²) in [4.78, 5) is 26.7. The Balaban J connectivity index is 1.56. The van der Waals surface area contributed by atoms with Gasteiger partial charge in [-0.25, -0.2) is 4.98 Å². The number of amides is 1. The van der Waals surface area contributed by atoms with Gasteiger partial charge >= 0.3 is 0 Å². The molecule has 3 aromatic rings. The number of hydrogen-bond donors (Lipinski definition) is 1. The van der Waals surface area contributed by atoms with E-state index in [1.54, 1.807) is 11.3 Å². The molecule has 126 valence electrons. The molecule has 0 bridgehead atoms. The lowest BCUT2D eigenvalue weighted by molar-refractivity contribution is -0.384. The second-order valence-electron chi connectivity index (χ2n) is 5.38. The maximum absolute atomic E-state index is 12.1. The van der Waals surface area contributed by atoms with E-state index in [2.05, 4.69) is 22.4 Å². The molecule has 25 heavy (non-hydrogen) atoms. The summed E-state index contributed by atoms with van der Waals surface area (Å²) < 4.78 is 0. The number of hydrogen-bond acceptors (Lipinski definition) is 5. The summed E-state index contributed by atoms with van der Waals surface area (Å²) in [6, 6.07) is 15.6. The average molecular weight is 353 g/mol. The summed E-state index contributed by atoms with van der Waals surface area (Å²) in [6.07, 6.45) is 0.766. The van der Waals surface area contributed by atoms with Crippen molar-refractivity contribution in [1.29, 1.82) is 0 Å². The summed E-state index contributed by atoms with van der Waals surface area (Å²) in [5, 5.41) is 16.3. The Morgan fingerprint density at radius 3 is 2.52 bits per heavy atom. The number of non-ortho nitro benzene ring substituents is 1. The van der Waals surface area contributed by atoms with Gasteiger partial charge in [0.05, 0.1) is 22.2 Å². The first-order valence-electron chi connectivity index (χ1n) is 7.61. The molecule has 7 heteroatoms. The van der Waals surface area contributed by atoms with Crippen LogP contribution in [0.5, 0.6) is 0 Å². The lowest BCUT2D eigenvalue weighted by Crippen LogP contribution is -2.22. The van der Waals surface area contributed by atoms with Crippen molar-refractivity contribution in [1.82, 2.24) is 10.3 Å². The Bertz CT molecular complexity index is 876. The van der Waals surface area contributed by atoms with E-state index < -0.39 is 4.92 Å². The van der Waals surface area contributed by atoms with E-state index in [1.807, 2.05) is 23.6 Å². The smallest absolute Gasteiger partial charge is 0.269 e. The lowest BCUT2D eigenvalue weighted by Gasteiger charge is -2.03. The standard InChI is InChI=1S/C18H15N3O3S/c22-18(14-6-8-16(9-7-14)21(23)24)19-11-15-12-25-17(20-15)10-13-4-2-1-3-5-13/h1-9,12H,10-11H2,(H,19,22). The molecule has 0 atom stereocenters. The van der Waals surface area contributed by atoms with Gasteiger partial charge in [0, 0.05) is 29.5 Å². The van der Waals surface area contributed by atoms with Crippen LogP contribution in [0.1, 0.15) is 26.6 Å². The van der Waals surface area contributed by atoms with E-state index in [9.17, 15) is 14.9 Å².